The number of rotatable bonds is 2. The molecule has 0 aliphatic heterocycles. The third-order valence-electron chi connectivity index (χ3n) is 1.89. The monoisotopic (exact) mass is 285 g/mol. The number of esters is 1. The molecule has 0 aliphatic carbocycles. The van der Waals surface area contributed by atoms with E-state index < -0.39 is 12.0 Å². The van der Waals surface area contributed by atoms with Crippen LogP contribution < -0.4 is 5.73 Å². The number of aromatic hydroxyl groups is 1. The van der Waals surface area contributed by atoms with Gasteiger partial charge in [-0.1, -0.05) is 29.3 Å². The van der Waals surface area contributed by atoms with Gasteiger partial charge in [0.05, 0.1) is 12.1 Å². The van der Waals surface area contributed by atoms with Gasteiger partial charge < -0.3 is 15.6 Å². The lowest BCUT2D eigenvalue weighted by Gasteiger charge is -2.12. The van der Waals surface area contributed by atoms with Crippen LogP contribution in [0.5, 0.6) is 5.75 Å². The van der Waals surface area contributed by atoms with Crippen molar-refractivity contribution in [2.24, 2.45) is 5.73 Å². The first-order chi connectivity index (χ1) is 6.99. The van der Waals surface area contributed by atoms with Gasteiger partial charge in [0.1, 0.15) is 16.8 Å². The minimum absolute atomic E-state index is 0. The lowest BCUT2D eigenvalue weighted by Crippen LogP contribution is -2.22. The van der Waals surface area contributed by atoms with Gasteiger partial charge in [0, 0.05) is 5.56 Å². The van der Waals surface area contributed by atoms with Gasteiger partial charge in [0.2, 0.25) is 0 Å². The summed E-state index contributed by atoms with van der Waals surface area (Å²) in [6.45, 7) is 0. The molecule has 0 fully saturated rings. The Balaban J connectivity index is 0.00000225. The van der Waals surface area contributed by atoms with Gasteiger partial charge in [-0.15, -0.1) is 12.4 Å². The van der Waals surface area contributed by atoms with Crippen molar-refractivity contribution < 1.29 is 14.6 Å². The number of nitrogens with two attached hydrogens (primary N) is 1. The number of phenolic OH excluding ortho intramolecular Hbond substituents is 1. The fourth-order valence-electron chi connectivity index (χ4n) is 1.06. The fourth-order valence-corrected chi connectivity index (χ4v) is 1.38. The molecular weight excluding hydrogens is 276 g/mol. The average Bonchev–Trinajstić information content (AvgIpc) is 2.24. The maximum absolute atomic E-state index is 11.1. The highest BCUT2D eigenvalue weighted by molar-refractivity contribution is 6.43. The average molecular weight is 287 g/mol. The van der Waals surface area contributed by atoms with E-state index in [9.17, 15) is 9.90 Å². The Morgan fingerprint density at radius 2 is 2.06 bits per heavy atom. The van der Waals surface area contributed by atoms with Crippen molar-refractivity contribution in [3.8, 4) is 5.75 Å². The number of hydrogen-bond donors (Lipinski definition) is 2. The Morgan fingerprint density at radius 1 is 1.50 bits per heavy atom. The minimum Gasteiger partial charge on any atom is -0.506 e. The van der Waals surface area contributed by atoms with E-state index in [1.807, 2.05) is 0 Å². The van der Waals surface area contributed by atoms with E-state index in [-0.39, 0.29) is 33.8 Å². The Hall–Kier alpha value is -0.680. The van der Waals surface area contributed by atoms with Gasteiger partial charge in [-0.2, -0.15) is 0 Å². The molecule has 7 heteroatoms. The van der Waals surface area contributed by atoms with Crippen molar-refractivity contribution in [2.75, 3.05) is 7.11 Å². The van der Waals surface area contributed by atoms with Crippen LogP contribution in [0, 0.1) is 0 Å². The quantitative estimate of drug-likeness (QED) is 0.818. The van der Waals surface area contributed by atoms with Crippen molar-refractivity contribution in [3.63, 3.8) is 0 Å². The summed E-state index contributed by atoms with van der Waals surface area (Å²) in [4.78, 5) is 11.1. The zero-order chi connectivity index (χ0) is 11.6. The molecular formula is C9H10Cl3NO3. The molecule has 1 aromatic carbocycles. The number of hydrogen-bond acceptors (Lipinski definition) is 4. The van der Waals surface area contributed by atoms with Crippen molar-refractivity contribution in [2.45, 2.75) is 6.04 Å². The van der Waals surface area contributed by atoms with Gasteiger partial charge in [-0.25, -0.2) is 0 Å². The topological polar surface area (TPSA) is 72.5 Å². The summed E-state index contributed by atoms with van der Waals surface area (Å²) < 4.78 is 4.44. The molecule has 0 aromatic heterocycles. The van der Waals surface area contributed by atoms with Gasteiger partial charge in [0.15, 0.2) is 0 Å². The molecule has 0 unspecified atom stereocenters. The second kappa shape index (κ2) is 6.15. The number of benzene rings is 1. The molecule has 1 aromatic rings. The SMILES string of the molecule is COC(=O)[C@@H](N)c1ccc(Cl)c(Cl)c1O.Cl. The molecule has 0 saturated carbocycles. The van der Waals surface area contributed by atoms with E-state index in [2.05, 4.69) is 4.74 Å². The van der Waals surface area contributed by atoms with E-state index in [1.54, 1.807) is 0 Å². The molecule has 0 saturated heterocycles. The van der Waals surface area contributed by atoms with Gasteiger partial charge >= 0.3 is 5.97 Å². The smallest absolute Gasteiger partial charge is 0.327 e. The molecule has 1 rings (SSSR count). The second-order valence-electron chi connectivity index (χ2n) is 2.80. The summed E-state index contributed by atoms with van der Waals surface area (Å²) in [7, 11) is 1.21. The zero-order valence-electron chi connectivity index (χ0n) is 8.24. The molecule has 0 radical (unpaired) electrons. The van der Waals surface area contributed by atoms with Crippen LogP contribution in [0.15, 0.2) is 12.1 Å². The molecule has 0 spiro atoms. The van der Waals surface area contributed by atoms with Crippen LogP contribution in [0.3, 0.4) is 0 Å². The Labute approximate surface area is 109 Å². The Kier molecular flexibility index (Phi) is 5.89. The normalized spacial score (nSPS) is 11.5. The molecule has 3 N–H and O–H groups in total. The molecule has 90 valence electrons. The van der Waals surface area contributed by atoms with Crippen molar-refractivity contribution in [1.29, 1.82) is 0 Å². The zero-order valence-corrected chi connectivity index (χ0v) is 10.6. The van der Waals surface area contributed by atoms with Gasteiger partial charge in [-0.05, 0) is 6.07 Å². The number of carbonyl (C=O) groups is 1. The van der Waals surface area contributed by atoms with E-state index >= 15 is 0 Å². The van der Waals surface area contributed by atoms with Crippen LogP contribution in [0.2, 0.25) is 10.0 Å². The fraction of sp³-hybridized carbons (Fsp3) is 0.222. The molecule has 0 bridgehead atoms. The third-order valence-corrected chi connectivity index (χ3v) is 2.68. The summed E-state index contributed by atoms with van der Waals surface area (Å²) >= 11 is 11.3. The minimum atomic E-state index is -1.08. The molecule has 4 nitrogen and oxygen atoms in total. The number of carbonyl (C=O) groups excluding carboxylic acids is 1. The van der Waals surface area contributed by atoms with Crippen LogP contribution in [0.1, 0.15) is 11.6 Å². The Morgan fingerprint density at radius 3 is 2.56 bits per heavy atom. The lowest BCUT2D eigenvalue weighted by atomic mass is 10.1. The molecule has 16 heavy (non-hydrogen) atoms. The van der Waals surface area contributed by atoms with Gasteiger partial charge in [-0.3, -0.25) is 4.79 Å². The van der Waals surface area contributed by atoms with Crippen LogP contribution in [-0.4, -0.2) is 18.2 Å². The second-order valence-corrected chi connectivity index (χ2v) is 3.59. The summed E-state index contributed by atoms with van der Waals surface area (Å²) in [6.07, 6.45) is 0. The number of ether oxygens (including phenoxy) is 1. The third kappa shape index (κ3) is 2.92. The maximum Gasteiger partial charge on any atom is 0.327 e. The highest BCUT2D eigenvalue weighted by atomic mass is 35.5. The number of phenols is 1. The summed E-state index contributed by atoms with van der Waals surface area (Å²) in [5, 5.41) is 9.75. The van der Waals surface area contributed by atoms with Crippen LogP contribution in [0.4, 0.5) is 0 Å². The van der Waals surface area contributed by atoms with E-state index in [0.717, 1.165) is 0 Å². The van der Waals surface area contributed by atoms with Crippen molar-refractivity contribution >= 4 is 41.6 Å². The summed E-state index contributed by atoms with van der Waals surface area (Å²) in [5.41, 5.74) is 5.71. The van der Waals surface area contributed by atoms with Crippen LogP contribution >= 0.6 is 35.6 Å². The first-order valence-electron chi connectivity index (χ1n) is 3.99. The highest BCUT2D eigenvalue weighted by Crippen LogP contribution is 2.36. The molecule has 0 amide bonds. The molecule has 1 atom stereocenters. The van der Waals surface area contributed by atoms with Crippen LogP contribution in [0.25, 0.3) is 0 Å². The largest absolute Gasteiger partial charge is 0.506 e. The van der Waals surface area contributed by atoms with E-state index in [4.69, 9.17) is 28.9 Å². The molecule has 0 heterocycles. The number of halogens is 3. The van der Waals surface area contributed by atoms with Crippen LogP contribution in [-0.2, 0) is 9.53 Å². The van der Waals surface area contributed by atoms with Crippen molar-refractivity contribution in [1.82, 2.24) is 0 Å². The standard InChI is InChI=1S/C9H9Cl2NO3.ClH/c1-15-9(14)7(12)4-2-3-5(10)6(11)8(4)13;/h2-3,7,13H,12H2,1H3;1H/t7-;/m0./s1. The van der Waals surface area contributed by atoms with E-state index in [1.165, 1.54) is 19.2 Å². The number of methoxy groups -OCH3 is 1. The predicted molar refractivity (Wildman–Crippen MR) is 64.3 cm³/mol. The lowest BCUT2D eigenvalue weighted by molar-refractivity contribution is -0.142. The predicted octanol–water partition coefficient (Wildman–Crippen LogP) is 2.29. The van der Waals surface area contributed by atoms with Crippen molar-refractivity contribution in [3.05, 3.63) is 27.7 Å². The maximum atomic E-state index is 11.1. The van der Waals surface area contributed by atoms with E-state index in [0.29, 0.717) is 0 Å². The first kappa shape index (κ1) is 15.3. The molecule has 0 aliphatic rings. The highest BCUT2D eigenvalue weighted by Gasteiger charge is 2.21. The summed E-state index contributed by atoms with van der Waals surface area (Å²) in [5.74, 6) is -0.967. The van der Waals surface area contributed by atoms with Gasteiger partial charge in [0.25, 0.3) is 0 Å². The Bertz CT molecular complexity index is 398. The first-order valence-corrected chi connectivity index (χ1v) is 4.75. The summed E-state index contributed by atoms with van der Waals surface area (Å²) in [6, 6.07) is 1.79.